The van der Waals surface area contributed by atoms with E-state index in [9.17, 15) is 13.6 Å². The molecule has 0 N–H and O–H groups in total. The summed E-state index contributed by atoms with van der Waals surface area (Å²) in [6.07, 6.45) is 0.531. The summed E-state index contributed by atoms with van der Waals surface area (Å²) in [5.41, 5.74) is 1.43. The number of hydrogen-bond acceptors (Lipinski definition) is 2. The first-order chi connectivity index (χ1) is 11.9. The summed E-state index contributed by atoms with van der Waals surface area (Å²) in [5, 5.41) is 0.596. The molecule has 2 aromatic rings. The molecule has 0 bridgehead atoms. The van der Waals surface area contributed by atoms with Gasteiger partial charge in [-0.2, -0.15) is 0 Å². The highest BCUT2D eigenvalue weighted by Crippen LogP contribution is 2.31. The van der Waals surface area contributed by atoms with Gasteiger partial charge in [0, 0.05) is 12.1 Å². The molecule has 3 rings (SSSR count). The van der Waals surface area contributed by atoms with Gasteiger partial charge in [-0.3, -0.25) is 4.79 Å². The number of rotatable bonds is 3. The Bertz CT molecular complexity index is 812. The molecular weight excluding hydrogens is 348 g/mol. The van der Waals surface area contributed by atoms with E-state index in [1.807, 2.05) is 0 Å². The van der Waals surface area contributed by atoms with Crippen LogP contribution in [0.5, 0.6) is 5.75 Å². The van der Waals surface area contributed by atoms with Crippen LogP contribution in [0.15, 0.2) is 36.4 Å². The predicted octanol–water partition coefficient (Wildman–Crippen LogP) is 4.39. The van der Waals surface area contributed by atoms with Crippen molar-refractivity contribution in [3.05, 3.63) is 64.2 Å². The molecule has 25 heavy (non-hydrogen) atoms. The molecular formula is C19H18ClF2NO2. The van der Waals surface area contributed by atoms with Crippen LogP contribution in [0.4, 0.5) is 8.78 Å². The number of carbonyl (C=O) groups excluding carboxylic acids is 1. The third kappa shape index (κ3) is 3.61. The molecule has 1 amide bonds. The molecule has 132 valence electrons. The van der Waals surface area contributed by atoms with Crippen LogP contribution >= 0.6 is 11.6 Å². The summed E-state index contributed by atoms with van der Waals surface area (Å²) in [4.78, 5) is 14.3. The van der Waals surface area contributed by atoms with E-state index in [2.05, 4.69) is 0 Å². The van der Waals surface area contributed by atoms with Crippen molar-refractivity contribution in [3.8, 4) is 5.75 Å². The quantitative estimate of drug-likeness (QED) is 0.807. The number of carbonyl (C=O) groups is 1. The molecule has 1 aliphatic rings. The fourth-order valence-electron chi connectivity index (χ4n) is 3.00. The zero-order chi connectivity index (χ0) is 18.1. The van der Waals surface area contributed by atoms with Gasteiger partial charge in [-0.15, -0.1) is 0 Å². The fourth-order valence-corrected chi connectivity index (χ4v) is 3.19. The second kappa shape index (κ2) is 7.00. The Labute approximate surface area is 150 Å². The van der Waals surface area contributed by atoms with Crippen molar-refractivity contribution >= 4 is 17.5 Å². The van der Waals surface area contributed by atoms with Crippen molar-refractivity contribution in [1.29, 1.82) is 0 Å². The summed E-state index contributed by atoms with van der Waals surface area (Å²) >= 11 is 6.01. The maximum Gasteiger partial charge on any atom is 0.229 e. The van der Waals surface area contributed by atoms with Crippen molar-refractivity contribution in [1.82, 2.24) is 4.90 Å². The van der Waals surface area contributed by atoms with Crippen molar-refractivity contribution in [2.75, 3.05) is 13.7 Å². The minimum Gasteiger partial charge on any atom is -0.492 e. The van der Waals surface area contributed by atoms with Gasteiger partial charge in [0.15, 0.2) is 11.6 Å². The molecule has 0 radical (unpaired) electrons. The monoisotopic (exact) mass is 365 g/mol. The highest BCUT2D eigenvalue weighted by atomic mass is 35.5. The van der Waals surface area contributed by atoms with Gasteiger partial charge in [0.1, 0.15) is 12.4 Å². The molecule has 2 atom stereocenters. The number of nitrogens with zero attached hydrogens (tertiary/aromatic N) is 1. The molecule has 1 heterocycles. The molecule has 0 saturated heterocycles. The van der Waals surface area contributed by atoms with Gasteiger partial charge < -0.3 is 9.64 Å². The molecule has 0 saturated carbocycles. The fraction of sp³-hybridized carbons (Fsp3) is 0.316. The lowest BCUT2D eigenvalue weighted by Gasteiger charge is -2.32. The first kappa shape index (κ1) is 17.7. The molecule has 3 nitrogen and oxygen atoms in total. The van der Waals surface area contributed by atoms with Crippen LogP contribution in [-0.2, 0) is 11.2 Å². The molecule has 6 heteroatoms. The second-order valence-corrected chi connectivity index (χ2v) is 6.70. The normalized spacial score (nSPS) is 17.4. The number of fused-ring (bicyclic) bond motifs is 1. The van der Waals surface area contributed by atoms with Gasteiger partial charge in [-0.25, -0.2) is 8.78 Å². The standard InChI is InChI=1S/C19H18ClF2NO2/c1-11(12-3-5-16(21)17(22)9-12)23(2)19(24)14-7-13-8-15(20)4-6-18(13)25-10-14/h3-6,8-9,11,14H,7,10H2,1-2H3. The van der Waals surface area contributed by atoms with Crippen molar-refractivity contribution in [3.63, 3.8) is 0 Å². The van der Waals surface area contributed by atoms with Gasteiger partial charge in [0.05, 0.1) is 12.0 Å². The van der Waals surface area contributed by atoms with E-state index < -0.39 is 11.6 Å². The van der Waals surface area contributed by atoms with E-state index >= 15 is 0 Å². The molecule has 2 aromatic carbocycles. The lowest BCUT2D eigenvalue weighted by Crippen LogP contribution is -2.39. The Hall–Kier alpha value is -2.14. The molecule has 0 aromatic heterocycles. The van der Waals surface area contributed by atoms with Crippen LogP contribution in [0.1, 0.15) is 24.1 Å². The zero-order valence-corrected chi connectivity index (χ0v) is 14.7. The van der Waals surface area contributed by atoms with Crippen molar-refractivity contribution < 1.29 is 18.3 Å². The third-order valence-corrected chi connectivity index (χ3v) is 4.87. The second-order valence-electron chi connectivity index (χ2n) is 6.26. The number of amides is 1. The van der Waals surface area contributed by atoms with Crippen molar-refractivity contribution in [2.45, 2.75) is 19.4 Å². The van der Waals surface area contributed by atoms with Crippen LogP contribution in [0.3, 0.4) is 0 Å². The van der Waals surface area contributed by atoms with Gasteiger partial charge in [0.2, 0.25) is 5.91 Å². The van der Waals surface area contributed by atoms with Crippen LogP contribution in [0.2, 0.25) is 5.02 Å². The Morgan fingerprint density at radius 1 is 1.24 bits per heavy atom. The van der Waals surface area contributed by atoms with E-state index in [1.165, 1.54) is 11.0 Å². The SMILES string of the molecule is CC(c1ccc(F)c(F)c1)N(C)C(=O)C1COc2ccc(Cl)cc2C1. The summed E-state index contributed by atoms with van der Waals surface area (Å²) < 4.78 is 32.2. The first-order valence-electron chi connectivity index (χ1n) is 7.99. The zero-order valence-electron chi connectivity index (χ0n) is 13.9. The number of benzene rings is 2. The Morgan fingerprint density at radius 3 is 2.72 bits per heavy atom. The van der Waals surface area contributed by atoms with Crippen molar-refractivity contribution in [2.24, 2.45) is 5.92 Å². The number of halogens is 3. The van der Waals surface area contributed by atoms with Gasteiger partial charge in [-0.1, -0.05) is 17.7 Å². The summed E-state index contributed by atoms with van der Waals surface area (Å²) in [5.74, 6) is -1.54. The summed E-state index contributed by atoms with van der Waals surface area (Å²) in [6, 6.07) is 8.64. The molecule has 0 fully saturated rings. The highest BCUT2D eigenvalue weighted by molar-refractivity contribution is 6.30. The maximum atomic E-state index is 13.5. The Kier molecular flexibility index (Phi) is 4.95. The maximum absolute atomic E-state index is 13.5. The average Bonchev–Trinajstić information content (AvgIpc) is 2.61. The third-order valence-electron chi connectivity index (χ3n) is 4.63. The molecule has 2 unspecified atom stereocenters. The van der Waals surface area contributed by atoms with Gasteiger partial charge >= 0.3 is 0 Å². The topological polar surface area (TPSA) is 29.5 Å². The highest BCUT2D eigenvalue weighted by Gasteiger charge is 2.30. The van der Waals surface area contributed by atoms with E-state index in [1.54, 1.807) is 32.2 Å². The minimum absolute atomic E-state index is 0.108. The van der Waals surface area contributed by atoms with E-state index in [0.29, 0.717) is 17.0 Å². The lowest BCUT2D eigenvalue weighted by atomic mass is 9.94. The van der Waals surface area contributed by atoms with Gasteiger partial charge in [-0.05, 0) is 54.8 Å². The Balaban J connectivity index is 1.75. The largest absolute Gasteiger partial charge is 0.492 e. The van der Waals surface area contributed by atoms with Crippen LogP contribution in [0, 0.1) is 17.6 Å². The van der Waals surface area contributed by atoms with E-state index in [-0.39, 0.29) is 24.5 Å². The van der Waals surface area contributed by atoms with Crippen LogP contribution in [-0.4, -0.2) is 24.5 Å². The van der Waals surface area contributed by atoms with E-state index in [0.717, 1.165) is 23.4 Å². The molecule has 1 aliphatic heterocycles. The first-order valence-corrected chi connectivity index (χ1v) is 8.37. The number of hydrogen-bond donors (Lipinski definition) is 0. The minimum atomic E-state index is -0.922. The molecule has 0 spiro atoms. The Morgan fingerprint density at radius 2 is 2.00 bits per heavy atom. The van der Waals surface area contributed by atoms with E-state index in [4.69, 9.17) is 16.3 Å². The lowest BCUT2D eigenvalue weighted by molar-refractivity contribution is -0.137. The average molecular weight is 366 g/mol. The number of ether oxygens (including phenoxy) is 1. The smallest absolute Gasteiger partial charge is 0.229 e. The summed E-state index contributed by atoms with van der Waals surface area (Å²) in [6.45, 7) is 2.06. The predicted molar refractivity (Wildman–Crippen MR) is 91.7 cm³/mol. The van der Waals surface area contributed by atoms with Crippen LogP contribution in [0.25, 0.3) is 0 Å². The summed E-state index contributed by atoms with van der Waals surface area (Å²) in [7, 11) is 1.65. The molecule has 0 aliphatic carbocycles. The van der Waals surface area contributed by atoms with Crippen LogP contribution < -0.4 is 4.74 Å². The van der Waals surface area contributed by atoms with Gasteiger partial charge in [0.25, 0.3) is 0 Å².